The molecule has 188 valence electrons. The first kappa shape index (κ1) is 24.1. The number of aromatic nitrogens is 5. The number of hydrogen-bond acceptors (Lipinski definition) is 8. The number of hydrogen-bond donors (Lipinski definition) is 2. The molecule has 0 bridgehead atoms. The molecule has 11 heteroatoms. The molecule has 2 N–H and O–H groups in total. The Balaban J connectivity index is 1.36. The number of anilines is 2. The number of fused-ring (bicyclic) bond motifs is 1. The average Bonchev–Trinajstić information content (AvgIpc) is 3.20. The molecule has 5 rings (SSSR count). The molecule has 4 aromatic heterocycles. The van der Waals surface area contributed by atoms with Crippen molar-refractivity contribution in [1.29, 1.82) is 0 Å². The van der Waals surface area contributed by atoms with Gasteiger partial charge < -0.3 is 29.5 Å². The highest BCUT2D eigenvalue weighted by Gasteiger charge is 2.39. The average molecular weight is 499 g/mol. The van der Waals surface area contributed by atoms with Crippen molar-refractivity contribution in [3.63, 3.8) is 0 Å². The summed E-state index contributed by atoms with van der Waals surface area (Å²) >= 11 is 0. The standard InChI is InChI=1S/C26H26N8O3/c1-15-8-21(27-4)29-11-19(15)37-22-9-18(23-24(32-22)33(5)14-30-23)31-20-7-6-16(10-28-20)25(35)34-12-17(13-34)26(2,3)36/h6-11,14,17,36H,12-13H2,1-3,5H3,(H,28,31,32). The Morgan fingerprint density at radius 2 is 2.00 bits per heavy atom. The smallest absolute Gasteiger partial charge is 0.269 e. The zero-order valence-electron chi connectivity index (χ0n) is 20.9. The van der Waals surface area contributed by atoms with Gasteiger partial charge >= 0.3 is 0 Å². The molecule has 1 fully saturated rings. The molecule has 37 heavy (non-hydrogen) atoms. The van der Waals surface area contributed by atoms with Crippen LogP contribution in [0, 0.1) is 19.4 Å². The van der Waals surface area contributed by atoms with E-state index in [-0.39, 0.29) is 11.8 Å². The van der Waals surface area contributed by atoms with Crippen molar-refractivity contribution in [2.24, 2.45) is 13.0 Å². The SMILES string of the molecule is [C-]#[N+]c1cc(C)c(Oc2cc(Nc3ccc(C(=O)N4CC(C(C)(C)O)C4)cn3)c3ncn(C)c3n2)cn1. The number of amides is 1. The predicted molar refractivity (Wildman–Crippen MR) is 137 cm³/mol. The third-order valence-corrected chi connectivity index (χ3v) is 6.46. The lowest BCUT2D eigenvalue weighted by atomic mass is 9.84. The Kier molecular flexibility index (Phi) is 5.97. The summed E-state index contributed by atoms with van der Waals surface area (Å²) < 4.78 is 7.78. The second kappa shape index (κ2) is 9.15. The van der Waals surface area contributed by atoms with Crippen LogP contribution >= 0.6 is 0 Å². The Hall–Kier alpha value is -4.56. The minimum absolute atomic E-state index is 0.0689. The summed E-state index contributed by atoms with van der Waals surface area (Å²) in [5.74, 6) is 1.59. The topological polar surface area (TPSA) is 123 Å². The second-order valence-electron chi connectivity index (χ2n) is 9.68. The van der Waals surface area contributed by atoms with Crippen LogP contribution in [-0.4, -0.2) is 59.1 Å². The van der Waals surface area contributed by atoms with Crippen molar-refractivity contribution in [2.45, 2.75) is 26.4 Å². The fraction of sp³-hybridized carbons (Fsp3) is 0.308. The van der Waals surface area contributed by atoms with Gasteiger partial charge in [-0.1, -0.05) is 6.57 Å². The number of nitrogens with one attached hydrogen (secondary N) is 1. The number of rotatable bonds is 6. The lowest BCUT2D eigenvalue weighted by Gasteiger charge is -2.45. The third-order valence-electron chi connectivity index (χ3n) is 6.46. The zero-order chi connectivity index (χ0) is 26.3. The van der Waals surface area contributed by atoms with Gasteiger partial charge in [-0.05, 0) is 44.5 Å². The number of carbonyl (C=O) groups excluding carboxylic acids is 1. The van der Waals surface area contributed by atoms with E-state index in [0.29, 0.717) is 58.8 Å². The molecule has 11 nitrogen and oxygen atoms in total. The van der Waals surface area contributed by atoms with E-state index in [1.807, 2.05) is 14.0 Å². The summed E-state index contributed by atoms with van der Waals surface area (Å²) in [6.45, 7) is 13.5. The molecular formula is C26H26N8O3. The van der Waals surface area contributed by atoms with Crippen LogP contribution in [0.1, 0.15) is 29.8 Å². The highest BCUT2D eigenvalue weighted by molar-refractivity contribution is 5.95. The Morgan fingerprint density at radius 1 is 1.22 bits per heavy atom. The fourth-order valence-electron chi connectivity index (χ4n) is 4.04. The minimum atomic E-state index is -0.802. The van der Waals surface area contributed by atoms with E-state index in [1.54, 1.807) is 53.9 Å². The predicted octanol–water partition coefficient (Wildman–Crippen LogP) is 4.00. The summed E-state index contributed by atoms with van der Waals surface area (Å²) in [5, 5.41) is 13.4. The Morgan fingerprint density at radius 3 is 2.65 bits per heavy atom. The number of imidazole rings is 1. The van der Waals surface area contributed by atoms with Gasteiger partial charge in [0.15, 0.2) is 17.6 Å². The van der Waals surface area contributed by atoms with Gasteiger partial charge in [-0.3, -0.25) is 4.79 Å². The van der Waals surface area contributed by atoms with Crippen LogP contribution in [0.15, 0.2) is 43.0 Å². The second-order valence-corrected chi connectivity index (χ2v) is 9.68. The van der Waals surface area contributed by atoms with E-state index in [9.17, 15) is 9.90 Å². The highest BCUT2D eigenvalue weighted by Crippen LogP contribution is 2.32. The molecular weight excluding hydrogens is 472 g/mol. The van der Waals surface area contributed by atoms with E-state index in [2.05, 4.69) is 30.1 Å². The van der Waals surface area contributed by atoms with Gasteiger partial charge in [0.25, 0.3) is 11.7 Å². The van der Waals surface area contributed by atoms with Gasteiger partial charge in [-0.15, -0.1) is 4.98 Å². The van der Waals surface area contributed by atoms with E-state index in [0.717, 1.165) is 5.56 Å². The first-order chi connectivity index (χ1) is 17.6. The number of carbonyl (C=O) groups is 1. The van der Waals surface area contributed by atoms with Crippen molar-refractivity contribution in [3.05, 3.63) is 65.5 Å². The van der Waals surface area contributed by atoms with Crippen LogP contribution in [-0.2, 0) is 7.05 Å². The molecule has 5 heterocycles. The highest BCUT2D eigenvalue weighted by atomic mass is 16.5. The summed E-state index contributed by atoms with van der Waals surface area (Å²) in [6.07, 6.45) is 4.70. The van der Waals surface area contributed by atoms with Crippen LogP contribution in [0.4, 0.5) is 17.3 Å². The molecule has 0 saturated carbocycles. The van der Waals surface area contributed by atoms with Crippen molar-refractivity contribution in [2.75, 3.05) is 18.4 Å². The van der Waals surface area contributed by atoms with E-state index in [4.69, 9.17) is 11.3 Å². The van der Waals surface area contributed by atoms with Gasteiger partial charge in [0.05, 0.1) is 23.2 Å². The molecule has 1 aliphatic heterocycles. The number of likely N-dealkylation sites (tertiary alicyclic amines) is 1. The van der Waals surface area contributed by atoms with E-state index < -0.39 is 5.60 Å². The van der Waals surface area contributed by atoms with Gasteiger partial charge in [-0.25, -0.2) is 9.97 Å². The normalized spacial score (nSPS) is 13.8. The molecule has 1 aliphatic rings. The number of nitrogens with zero attached hydrogens (tertiary/aromatic N) is 7. The molecule has 0 aliphatic carbocycles. The summed E-state index contributed by atoms with van der Waals surface area (Å²) in [5.41, 5.74) is 2.31. The van der Waals surface area contributed by atoms with Gasteiger partial charge in [0.1, 0.15) is 11.3 Å². The maximum Gasteiger partial charge on any atom is 0.269 e. The Bertz CT molecular complexity index is 1530. The molecule has 0 spiro atoms. The summed E-state index contributed by atoms with van der Waals surface area (Å²) in [6, 6.07) is 6.82. The number of aliphatic hydroxyl groups is 1. The summed E-state index contributed by atoms with van der Waals surface area (Å²) in [4.78, 5) is 35.3. The van der Waals surface area contributed by atoms with Crippen LogP contribution in [0.25, 0.3) is 16.0 Å². The first-order valence-electron chi connectivity index (χ1n) is 11.7. The maximum atomic E-state index is 12.8. The monoisotopic (exact) mass is 498 g/mol. The molecule has 0 aromatic carbocycles. The molecule has 1 saturated heterocycles. The lowest BCUT2D eigenvalue weighted by molar-refractivity contribution is -0.0507. The number of ether oxygens (including phenoxy) is 1. The van der Waals surface area contributed by atoms with Crippen LogP contribution in [0.5, 0.6) is 11.6 Å². The molecule has 0 unspecified atom stereocenters. The first-order valence-corrected chi connectivity index (χ1v) is 11.7. The molecule has 0 radical (unpaired) electrons. The summed E-state index contributed by atoms with van der Waals surface area (Å²) in [7, 11) is 1.84. The lowest BCUT2D eigenvalue weighted by Crippen LogP contribution is -2.57. The molecule has 0 atom stereocenters. The zero-order valence-corrected chi connectivity index (χ0v) is 20.9. The van der Waals surface area contributed by atoms with Crippen LogP contribution in [0.3, 0.4) is 0 Å². The van der Waals surface area contributed by atoms with E-state index >= 15 is 0 Å². The van der Waals surface area contributed by atoms with Gasteiger partial charge in [0, 0.05) is 38.3 Å². The quantitative estimate of drug-likeness (QED) is 0.383. The van der Waals surface area contributed by atoms with Crippen molar-refractivity contribution in [1.82, 2.24) is 29.4 Å². The molecule has 4 aromatic rings. The van der Waals surface area contributed by atoms with Crippen LogP contribution in [0.2, 0.25) is 0 Å². The van der Waals surface area contributed by atoms with Crippen molar-refractivity contribution in [3.8, 4) is 11.6 Å². The van der Waals surface area contributed by atoms with Crippen LogP contribution < -0.4 is 10.1 Å². The van der Waals surface area contributed by atoms with Gasteiger partial charge in [0.2, 0.25) is 5.88 Å². The molecule has 1 amide bonds. The van der Waals surface area contributed by atoms with E-state index in [1.165, 1.54) is 12.4 Å². The number of aryl methyl sites for hydroxylation is 2. The largest absolute Gasteiger partial charge is 0.435 e. The van der Waals surface area contributed by atoms with Crippen molar-refractivity contribution < 1.29 is 14.6 Å². The Labute approximate surface area is 213 Å². The minimum Gasteiger partial charge on any atom is -0.435 e. The third kappa shape index (κ3) is 4.79. The number of pyridine rings is 3. The van der Waals surface area contributed by atoms with Gasteiger partial charge in [-0.2, -0.15) is 4.98 Å². The fourth-order valence-corrected chi connectivity index (χ4v) is 4.04. The maximum absolute atomic E-state index is 12.8. The van der Waals surface area contributed by atoms with Crippen molar-refractivity contribution >= 4 is 34.4 Å².